The summed E-state index contributed by atoms with van der Waals surface area (Å²) in [4.78, 5) is 11.2. The van der Waals surface area contributed by atoms with Crippen molar-refractivity contribution in [2.75, 3.05) is 11.4 Å². The lowest BCUT2D eigenvalue weighted by Gasteiger charge is -2.18. The van der Waals surface area contributed by atoms with Crippen molar-refractivity contribution in [1.29, 1.82) is 0 Å². The van der Waals surface area contributed by atoms with Gasteiger partial charge in [-0.05, 0) is 24.0 Å². The van der Waals surface area contributed by atoms with E-state index in [1.54, 1.807) is 37.3 Å². The van der Waals surface area contributed by atoms with Gasteiger partial charge in [0, 0.05) is 7.05 Å². The Hall–Kier alpha value is -1.93. The Bertz CT molecular complexity index is 754. The van der Waals surface area contributed by atoms with Crippen LogP contribution in [0.3, 0.4) is 0 Å². The molecule has 1 aromatic carbocycles. The zero-order chi connectivity index (χ0) is 15.6. The van der Waals surface area contributed by atoms with E-state index in [2.05, 4.69) is 4.37 Å². The monoisotopic (exact) mass is 326 g/mol. The van der Waals surface area contributed by atoms with Gasteiger partial charge in [-0.25, -0.2) is 13.2 Å². The average molecular weight is 326 g/mol. The summed E-state index contributed by atoms with van der Waals surface area (Å²) in [6, 6.07) is 8.73. The summed E-state index contributed by atoms with van der Waals surface area (Å²) in [5.74, 6) is -1.38. The van der Waals surface area contributed by atoms with Crippen LogP contribution < -0.4 is 4.31 Å². The molecule has 8 heteroatoms. The maximum absolute atomic E-state index is 12.4. The molecule has 0 fully saturated rings. The van der Waals surface area contributed by atoms with E-state index in [1.165, 1.54) is 7.05 Å². The van der Waals surface area contributed by atoms with Gasteiger partial charge >= 0.3 is 5.97 Å². The molecule has 21 heavy (non-hydrogen) atoms. The lowest BCUT2D eigenvalue weighted by molar-refractivity contribution is 0.0697. The van der Waals surface area contributed by atoms with Crippen molar-refractivity contribution in [3.8, 4) is 0 Å². The molecule has 2 aromatic rings. The van der Waals surface area contributed by atoms with Gasteiger partial charge in [0.05, 0.1) is 11.4 Å². The number of carboxylic acid groups (broad SMARTS) is 1. The van der Waals surface area contributed by atoms with Crippen LogP contribution in [0.25, 0.3) is 0 Å². The van der Waals surface area contributed by atoms with Gasteiger partial charge in [-0.2, -0.15) is 4.37 Å². The molecule has 0 saturated heterocycles. The molecule has 112 valence electrons. The Morgan fingerprint density at radius 1 is 1.33 bits per heavy atom. The van der Waals surface area contributed by atoms with Gasteiger partial charge in [-0.15, -0.1) is 0 Å². The average Bonchev–Trinajstić information content (AvgIpc) is 2.80. The first-order chi connectivity index (χ1) is 9.83. The van der Waals surface area contributed by atoms with E-state index in [4.69, 9.17) is 0 Å². The largest absolute Gasteiger partial charge is 0.478 e. The summed E-state index contributed by atoms with van der Waals surface area (Å²) in [5.41, 5.74) is 0.880. The van der Waals surface area contributed by atoms with Crippen molar-refractivity contribution in [3.05, 3.63) is 47.2 Å². The number of benzene rings is 1. The summed E-state index contributed by atoms with van der Waals surface area (Å²) in [6.45, 7) is 1.54. The number of anilines is 1. The van der Waals surface area contributed by atoms with Gasteiger partial charge in [0.25, 0.3) is 0 Å². The molecular weight excluding hydrogens is 312 g/mol. The zero-order valence-corrected chi connectivity index (χ0v) is 13.1. The van der Waals surface area contributed by atoms with Gasteiger partial charge in [0.2, 0.25) is 10.0 Å². The fourth-order valence-electron chi connectivity index (χ4n) is 1.83. The Kier molecular flexibility index (Phi) is 4.29. The third-order valence-corrected chi connectivity index (χ3v) is 5.80. The smallest absolute Gasteiger partial charge is 0.340 e. The summed E-state index contributed by atoms with van der Waals surface area (Å²) < 4.78 is 29.7. The standard InChI is InChI=1S/C13H14N2O4S2/c1-9-11(13(16)17)12(20-14-9)15(2)21(18,19)8-10-6-4-3-5-7-10/h3-7H,8H2,1-2H3,(H,16,17). The van der Waals surface area contributed by atoms with E-state index in [1.807, 2.05) is 0 Å². The highest BCUT2D eigenvalue weighted by molar-refractivity contribution is 7.92. The molecule has 1 heterocycles. The maximum Gasteiger partial charge on any atom is 0.340 e. The Balaban J connectivity index is 2.35. The lowest BCUT2D eigenvalue weighted by Crippen LogP contribution is -2.28. The van der Waals surface area contributed by atoms with Crippen LogP contribution in [0.1, 0.15) is 21.6 Å². The quantitative estimate of drug-likeness (QED) is 0.909. The molecule has 1 N–H and O–H groups in total. The predicted octanol–water partition coefficient (Wildman–Crippen LogP) is 2.12. The molecule has 0 spiro atoms. The maximum atomic E-state index is 12.4. The Morgan fingerprint density at radius 2 is 1.95 bits per heavy atom. The fourth-order valence-corrected chi connectivity index (χ4v) is 4.17. The number of rotatable bonds is 5. The molecule has 2 rings (SSSR count). The number of aromatic carboxylic acids is 1. The topological polar surface area (TPSA) is 87.6 Å². The molecule has 0 amide bonds. The van der Waals surface area contributed by atoms with Gasteiger partial charge in [-0.3, -0.25) is 4.31 Å². The highest BCUT2D eigenvalue weighted by Crippen LogP contribution is 2.30. The summed E-state index contributed by atoms with van der Waals surface area (Å²) in [5, 5.41) is 9.31. The Labute approximate surface area is 126 Å². The first-order valence-electron chi connectivity index (χ1n) is 6.03. The molecule has 1 aromatic heterocycles. The van der Waals surface area contributed by atoms with Gasteiger partial charge < -0.3 is 5.11 Å². The molecule has 0 aliphatic carbocycles. The van der Waals surface area contributed by atoms with E-state index in [9.17, 15) is 18.3 Å². The van der Waals surface area contributed by atoms with Crippen LogP contribution in [0.15, 0.2) is 30.3 Å². The van der Waals surface area contributed by atoms with Crippen molar-refractivity contribution < 1.29 is 18.3 Å². The van der Waals surface area contributed by atoms with Crippen molar-refractivity contribution in [2.45, 2.75) is 12.7 Å². The SMILES string of the molecule is Cc1nsc(N(C)S(=O)(=O)Cc2ccccc2)c1C(=O)O. The third kappa shape index (κ3) is 3.22. The van der Waals surface area contributed by atoms with Gasteiger partial charge in [-0.1, -0.05) is 30.3 Å². The van der Waals surface area contributed by atoms with E-state index in [0.717, 1.165) is 15.8 Å². The minimum atomic E-state index is -3.67. The first kappa shape index (κ1) is 15.5. The summed E-state index contributed by atoms with van der Waals surface area (Å²) in [7, 11) is -2.32. The molecule has 0 radical (unpaired) electrons. The number of carbonyl (C=O) groups is 1. The second-order valence-corrected chi connectivity index (χ2v) is 7.21. The van der Waals surface area contributed by atoms with Crippen molar-refractivity contribution in [3.63, 3.8) is 0 Å². The van der Waals surface area contributed by atoms with Crippen molar-refractivity contribution in [1.82, 2.24) is 4.37 Å². The van der Waals surface area contributed by atoms with Gasteiger partial charge in [0.15, 0.2) is 0 Å². The van der Waals surface area contributed by atoms with Crippen LogP contribution >= 0.6 is 11.5 Å². The number of aromatic nitrogens is 1. The first-order valence-corrected chi connectivity index (χ1v) is 8.41. The van der Waals surface area contributed by atoms with Crippen LogP contribution in [-0.2, 0) is 15.8 Å². The molecule has 0 bridgehead atoms. The molecule has 0 unspecified atom stereocenters. The Morgan fingerprint density at radius 3 is 2.52 bits per heavy atom. The van der Waals surface area contributed by atoms with Gasteiger partial charge in [0.1, 0.15) is 10.6 Å². The van der Waals surface area contributed by atoms with Crippen LogP contribution in [0, 0.1) is 6.92 Å². The van der Waals surface area contributed by atoms with Crippen LogP contribution in [-0.4, -0.2) is 30.9 Å². The van der Waals surface area contributed by atoms with Crippen LogP contribution in [0.5, 0.6) is 0 Å². The van der Waals surface area contributed by atoms with E-state index < -0.39 is 16.0 Å². The fraction of sp³-hybridized carbons (Fsp3) is 0.231. The molecule has 0 aliphatic heterocycles. The van der Waals surface area contributed by atoms with E-state index >= 15 is 0 Å². The number of hydrogen-bond acceptors (Lipinski definition) is 5. The van der Waals surface area contributed by atoms with Crippen molar-refractivity contribution >= 4 is 32.5 Å². The minimum Gasteiger partial charge on any atom is -0.478 e. The van der Waals surface area contributed by atoms with E-state index in [0.29, 0.717) is 11.3 Å². The summed E-state index contributed by atoms with van der Waals surface area (Å²) >= 11 is 0.866. The van der Waals surface area contributed by atoms with E-state index in [-0.39, 0.29) is 16.3 Å². The zero-order valence-electron chi connectivity index (χ0n) is 11.5. The number of sulfonamides is 1. The normalized spacial score (nSPS) is 11.3. The molecule has 6 nitrogen and oxygen atoms in total. The second-order valence-electron chi connectivity index (χ2n) is 4.46. The predicted molar refractivity (Wildman–Crippen MR) is 81.3 cm³/mol. The minimum absolute atomic E-state index is 0.0702. The summed E-state index contributed by atoms with van der Waals surface area (Å²) in [6.07, 6.45) is 0. The van der Waals surface area contributed by atoms with Crippen LogP contribution in [0.4, 0.5) is 5.00 Å². The second kappa shape index (κ2) is 5.82. The highest BCUT2D eigenvalue weighted by Gasteiger charge is 2.27. The molecule has 0 saturated carbocycles. The number of nitrogens with zero attached hydrogens (tertiary/aromatic N) is 2. The number of carboxylic acids is 1. The molecule has 0 aliphatic rings. The third-order valence-electron chi connectivity index (χ3n) is 2.95. The lowest BCUT2D eigenvalue weighted by atomic mass is 10.2. The molecule has 0 atom stereocenters. The molecular formula is C13H14N2O4S2. The van der Waals surface area contributed by atoms with Crippen molar-refractivity contribution in [2.24, 2.45) is 0 Å². The number of hydrogen-bond donors (Lipinski definition) is 1. The highest BCUT2D eigenvalue weighted by atomic mass is 32.2. The van der Waals surface area contributed by atoms with Crippen LogP contribution in [0.2, 0.25) is 0 Å². The number of aryl methyl sites for hydroxylation is 1.